The molecule has 3 aliphatic rings. The third kappa shape index (κ3) is 3.97. The van der Waals surface area contributed by atoms with Crippen LogP contribution in [0.5, 0.6) is 0 Å². The molecular weight excluding hydrogens is 478 g/mol. The van der Waals surface area contributed by atoms with Crippen molar-refractivity contribution in [1.82, 2.24) is 19.7 Å². The maximum atomic E-state index is 13.3. The number of nitrogens with one attached hydrogen (secondary N) is 1. The van der Waals surface area contributed by atoms with Crippen LogP contribution in [0, 0.1) is 0 Å². The van der Waals surface area contributed by atoms with Gasteiger partial charge in [-0.2, -0.15) is 0 Å². The summed E-state index contributed by atoms with van der Waals surface area (Å²) in [6.45, 7) is 0.813. The lowest BCUT2D eigenvalue weighted by molar-refractivity contribution is -0.129. The Hall–Kier alpha value is -3.91. The fraction of sp³-hybridized carbons (Fsp3) is 0.259. The lowest BCUT2D eigenvalue weighted by atomic mass is 10.1. The summed E-state index contributed by atoms with van der Waals surface area (Å²) in [5.74, 6) is -0.0442. The molecule has 0 spiro atoms. The van der Waals surface area contributed by atoms with E-state index in [9.17, 15) is 14.4 Å². The third-order valence-electron chi connectivity index (χ3n) is 7.11. The number of anilines is 1. The Balaban J connectivity index is 1.15. The number of urea groups is 2. The standard InChI is InChI=1S/C27H24ClN5O3/c28-19-9-4-8-18(14-19)24-21(10-5-11-29-24)30-26(35)31-12-13-32-23(16-31)25(34)33(27(32)36)22-15-20(22)17-6-2-1-3-7-17/h1-11,14,20,22-23H,12-13,15-16H2,(H,30,35)/t20-,22+,23?/m1/s1. The number of carbonyl (C=O) groups is 3. The number of hydrogen-bond donors (Lipinski definition) is 1. The number of hydrogen-bond acceptors (Lipinski definition) is 4. The van der Waals surface area contributed by atoms with Crippen LogP contribution in [0.25, 0.3) is 11.3 Å². The normalized spacial score (nSPS) is 23.0. The van der Waals surface area contributed by atoms with Crippen LogP contribution >= 0.6 is 11.6 Å². The number of amides is 5. The van der Waals surface area contributed by atoms with Crippen LogP contribution in [0.1, 0.15) is 17.9 Å². The van der Waals surface area contributed by atoms with E-state index in [2.05, 4.69) is 10.3 Å². The number of carbonyl (C=O) groups excluding carboxylic acids is 3. The van der Waals surface area contributed by atoms with E-state index in [-0.39, 0.29) is 36.5 Å². The molecule has 8 nitrogen and oxygen atoms in total. The first-order valence-corrected chi connectivity index (χ1v) is 12.3. The van der Waals surface area contributed by atoms with Gasteiger partial charge in [-0.15, -0.1) is 0 Å². The molecule has 0 radical (unpaired) electrons. The Labute approximate surface area is 213 Å². The van der Waals surface area contributed by atoms with E-state index in [0.29, 0.717) is 29.5 Å². The fourth-order valence-corrected chi connectivity index (χ4v) is 5.39. The van der Waals surface area contributed by atoms with Crippen LogP contribution in [0.4, 0.5) is 15.3 Å². The molecule has 1 saturated carbocycles. The second-order valence-corrected chi connectivity index (χ2v) is 9.74. The van der Waals surface area contributed by atoms with Crippen molar-refractivity contribution in [3.05, 3.63) is 83.5 Å². The summed E-state index contributed by atoms with van der Waals surface area (Å²) < 4.78 is 0. The minimum Gasteiger partial charge on any atom is -0.320 e. The highest BCUT2D eigenvalue weighted by Gasteiger charge is 2.56. The van der Waals surface area contributed by atoms with Crippen LogP contribution in [0.2, 0.25) is 5.02 Å². The van der Waals surface area contributed by atoms with Gasteiger partial charge in [-0.3, -0.25) is 14.7 Å². The summed E-state index contributed by atoms with van der Waals surface area (Å²) in [5.41, 5.74) is 3.08. The largest absolute Gasteiger partial charge is 0.327 e. The van der Waals surface area contributed by atoms with Gasteiger partial charge in [0.25, 0.3) is 5.91 Å². The summed E-state index contributed by atoms with van der Waals surface area (Å²) in [6.07, 6.45) is 2.43. The van der Waals surface area contributed by atoms with E-state index in [1.54, 1.807) is 40.3 Å². The number of nitrogens with zero attached hydrogens (tertiary/aromatic N) is 4. The van der Waals surface area contributed by atoms with Crippen LogP contribution in [0.3, 0.4) is 0 Å². The van der Waals surface area contributed by atoms with Crippen molar-refractivity contribution in [3.63, 3.8) is 0 Å². The highest BCUT2D eigenvalue weighted by atomic mass is 35.5. The van der Waals surface area contributed by atoms with E-state index >= 15 is 0 Å². The van der Waals surface area contributed by atoms with Gasteiger partial charge in [-0.1, -0.05) is 54.1 Å². The second-order valence-electron chi connectivity index (χ2n) is 9.31. The molecule has 5 amide bonds. The molecular formula is C27H24ClN5O3. The van der Waals surface area contributed by atoms with E-state index in [4.69, 9.17) is 11.6 Å². The highest BCUT2D eigenvalue weighted by Crippen LogP contribution is 2.46. The lowest BCUT2D eigenvalue weighted by Gasteiger charge is -2.35. The van der Waals surface area contributed by atoms with Crippen LogP contribution < -0.4 is 5.32 Å². The Bertz CT molecular complexity index is 1350. The summed E-state index contributed by atoms with van der Waals surface area (Å²) in [6, 6.07) is 19.4. The number of piperazine rings is 1. The minimum atomic E-state index is -0.657. The van der Waals surface area contributed by atoms with Gasteiger partial charge in [-0.05, 0) is 36.2 Å². The van der Waals surface area contributed by atoms with Crippen LogP contribution in [-0.4, -0.2) is 69.4 Å². The van der Waals surface area contributed by atoms with Crippen molar-refractivity contribution < 1.29 is 14.4 Å². The zero-order valence-electron chi connectivity index (χ0n) is 19.4. The molecule has 3 aromatic rings. The first-order chi connectivity index (χ1) is 17.5. The van der Waals surface area contributed by atoms with Gasteiger partial charge < -0.3 is 15.1 Å². The number of benzene rings is 2. The summed E-state index contributed by atoms with van der Waals surface area (Å²) in [4.78, 5) is 48.6. The fourth-order valence-electron chi connectivity index (χ4n) is 5.20. The SMILES string of the molecule is O=C(Nc1cccnc1-c1cccc(Cl)c1)N1CCN2C(=O)N([C@H]3C[C@@H]3c3ccccc3)C(=O)C2C1. The first kappa shape index (κ1) is 22.5. The number of halogens is 1. The zero-order valence-corrected chi connectivity index (χ0v) is 20.1. The Morgan fingerprint density at radius 1 is 1.00 bits per heavy atom. The van der Waals surface area contributed by atoms with Crippen molar-refractivity contribution in [3.8, 4) is 11.3 Å². The molecule has 1 unspecified atom stereocenters. The quantitative estimate of drug-likeness (QED) is 0.535. The smallest absolute Gasteiger partial charge is 0.320 e. The Morgan fingerprint density at radius 2 is 1.83 bits per heavy atom. The molecule has 3 fully saturated rings. The molecule has 1 aromatic heterocycles. The molecule has 3 atom stereocenters. The Morgan fingerprint density at radius 3 is 2.64 bits per heavy atom. The minimum absolute atomic E-state index is 0.115. The molecule has 3 heterocycles. The van der Waals surface area contributed by atoms with Crippen LogP contribution in [-0.2, 0) is 4.79 Å². The van der Waals surface area contributed by atoms with Crippen molar-refractivity contribution in [2.24, 2.45) is 0 Å². The van der Waals surface area contributed by atoms with Crippen molar-refractivity contribution in [1.29, 1.82) is 0 Å². The average molecular weight is 502 g/mol. The predicted molar refractivity (Wildman–Crippen MR) is 136 cm³/mol. The number of imide groups is 1. The van der Waals surface area contributed by atoms with Gasteiger partial charge in [0.2, 0.25) is 0 Å². The maximum absolute atomic E-state index is 13.3. The zero-order chi connectivity index (χ0) is 24.8. The summed E-state index contributed by atoms with van der Waals surface area (Å²) in [7, 11) is 0. The van der Waals surface area contributed by atoms with E-state index < -0.39 is 6.04 Å². The van der Waals surface area contributed by atoms with Gasteiger partial charge >= 0.3 is 12.1 Å². The molecule has 1 aliphatic carbocycles. The number of pyridine rings is 1. The van der Waals surface area contributed by atoms with Crippen molar-refractivity contribution in [2.75, 3.05) is 25.0 Å². The van der Waals surface area contributed by atoms with Gasteiger partial charge in [0.1, 0.15) is 6.04 Å². The molecule has 36 heavy (non-hydrogen) atoms. The summed E-state index contributed by atoms with van der Waals surface area (Å²) >= 11 is 6.14. The van der Waals surface area contributed by atoms with Gasteiger partial charge in [-0.25, -0.2) is 9.59 Å². The third-order valence-corrected chi connectivity index (χ3v) is 7.34. The second kappa shape index (κ2) is 8.95. The number of fused-ring (bicyclic) bond motifs is 1. The molecule has 6 rings (SSSR count). The molecule has 182 valence electrons. The molecule has 2 aliphatic heterocycles. The predicted octanol–water partition coefficient (Wildman–Crippen LogP) is 4.44. The summed E-state index contributed by atoms with van der Waals surface area (Å²) in [5, 5.41) is 3.51. The van der Waals surface area contributed by atoms with Crippen molar-refractivity contribution >= 4 is 35.3 Å². The van der Waals surface area contributed by atoms with Gasteiger partial charge in [0.15, 0.2) is 0 Å². The van der Waals surface area contributed by atoms with Gasteiger partial charge in [0.05, 0.1) is 17.9 Å². The van der Waals surface area contributed by atoms with E-state index in [0.717, 1.165) is 17.5 Å². The molecule has 9 heteroatoms. The Kier molecular flexibility index (Phi) is 5.60. The number of rotatable bonds is 4. The average Bonchev–Trinajstić information content (AvgIpc) is 3.65. The van der Waals surface area contributed by atoms with Gasteiger partial charge in [0, 0.05) is 41.8 Å². The first-order valence-electron chi connectivity index (χ1n) is 12.0. The molecule has 1 N–H and O–H groups in total. The van der Waals surface area contributed by atoms with E-state index in [1.165, 1.54) is 4.90 Å². The maximum Gasteiger partial charge on any atom is 0.327 e. The number of aromatic nitrogens is 1. The topological polar surface area (TPSA) is 85.8 Å². The molecule has 2 saturated heterocycles. The van der Waals surface area contributed by atoms with E-state index in [1.807, 2.05) is 42.5 Å². The monoisotopic (exact) mass is 501 g/mol. The highest BCUT2D eigenvalue weighted by molar-refractivity contribution is 6.30. The van der Waals surface area contributed by atoms with Crippen LogP contribution in [0.15, 0.2) is 72.9 Å². The van der Waals surface area contributed by atoms with Crippen molar-refractivity contribution in [2.45, 2.75) is 24.4 Å². The lowest BCUT2D eigenvalue weighted by Crippen LogP contribution is -2.55. The molecule has 0 bridgehead atoms. The molecule has 2 aromatic carbocycles.